The number of imidazole rings is 1. The number of aromatic nitrogens is 2. The Labute approximate surface area is 128 Å². The van der Waals surface area contributed by atoms with Crippen LogP contribution in [0.5, 0.6) is 0 Å². The van der Waals surface area contributed by atoms with Crippen molar-refractivity contribution < 1.29 is 9.90 Å². The predicted molar refractivity (Wildman–Crippen MR) is 83.6 cm³/mol. The normalized spacial score (nSPS) is 14.4. The number of aliphatic hydroxyl groups excluding tert-OH is 1. The largest absolute Gasteiger partial charge is 0.396 e. The van der Waals surface area contributed by atoms with Gasteiger partial charge in [0.25, 0.3) is 0 Å². The van der Waals surface area contributed by atoms with E-state index in [1.807, 2.05) is 29.2 Å². The van der Waals surface area contributed by atoms with Gasteiger partial charge in [-0.25, -0.2) is 4.79 Å². The Morgan fingerprint density at radius 1 is 1.32 bits per heavy atom. The van der Waals surface area contributed by atoms with E-state index in [2.05, 4.69) is 4.98 Å². The molecule has 0 atom stereocenters. The molecule has 6 heteroatoms. The van der Waals surface area contributed by atoms with E-state index >= 15 is 0 Å². The van der Waals surface area contributed by atoms with Gasteiger partial charge in [-0.05, 0) is 37.8 Å². The summed E-state index contributed by atoms with van der Waals surface area (Å²) in [5, 5.41) is 8.88. The van der Waals surface area contributed by atoms with E-state index in [4.69, 9.17) is 5.11 Å². The van der Waals surface area contributed by atoms with Crippen molar-refractivity contribution in [2.24, 2.45) is 0 Å². The molecule has 1 aromatic carbocycles. The van der Waals surface area contributed by atoms with Gasteiger partial charge in [0.15, 0.2) is 0 Å². The molecule has 0 spiro atoms. The van der Waals surface area contributed by atoms with E-state index in [1.54, 1.807) is 0 Å². The van der Waals surface area contributed by atoms with Crippen LogP contribution in [0.1, 0.15) is 25.7 Å². The fourth-order valence-corrected chi connectivity index (χ4v) is 2.78. The highest BCUT2D eigenvalue weighted by molar-refractivity contribution is 5.80. The number of rotatable bonds is 7. The smallest absolute Gasteiger partial charge is 0.326 e. The van der Waals surface area contributed by atoms with Crippen molar-refractivity contribution >= 4 is 16.9 Å². The van der Waals surface area contributed by atoms with Gasteiger partial charge in [-0.3, -0.25) is 9.36 Å². The molecule has 0 aliphatic heterocycles. The number of amides is 1. The number of unbranched alkanes of at least 4 members (excludes halogenated alkanes) is 1. The third-order valence-electron chi connectivity index (χ3n) is 4.09. The van der Waals surface area contributed by atoms with Gasteiger partial charge < -0.3 is 15.0 Å². The molecule has 1 amide bonds. The van der Waals surface area contributed by atoms with Crippen LogP contribution >= 0.6 is 0 Å². The second-order valence-corrected chi connectivity index (χ2v) is 5.78. The monoisotopic (exact) mass is 303 g/mol. The maximum atomic E-state index is 12.6. The maximum absolute atomic E-state index is 12.6. The zero-order valence-electron chi connectivity index (χ0n) is 12.5. The summed E-state index contributed by atoms with van der Waals surface area (Å²) in [6.45, 7) is 0.869. The van der Waals surface area contributed by atoms with Gasteiger partial charge >= 0.3 is 5.69 Å². The van der Waals surface area contributed by atoms with Crippen molar-refractivity contribution in [2.75, 3.05) is 13.2 Å². The lowest BCUT2D eigenvalue weighted by atomic mass is 10.3. The number of hydrogen-bond acceptors (Lipinski definition) is 3. The number of hydrogen-bond donors (Lipinski definition) is 2. The molecule has 0 bridgehead atoms. The number of H-pyrrole nitrogens is 1. The molecule has 3 rings (SSSR count). The van der Waals surface area contributed by atoms with E-state index in [-0.39, 0.29) is 24.7 Å². The number of nitrogens with one attached hydrogen (secondary N) is 1. The Kier molecular flexibility index (Phi) is 4.29. The zero-order chi connectivity index (χ0) is 15.5. The zero-order valence-corrected chi connectivity index (χ0v) is 12.5. The molecule has 2 aromatic rings. The first-order chi connectivity index (χ1) is 10.7. The third kappa shape index (κ3) is 3.06. The number of nitrogens with zero attached hydrogens (tertiary/aromatic N) is 2. The molecule has 22 heavy (non-hydrogen) atoms. The van der Waals surface area contributed by atoms with Gasteiger partial charge in [0, 0.05) is 19.2 Å². The molecule has 1 aliphatic carbocycles. The third-order valence-corrected chi connectivity index (χ3v) is 4.09. The second kappa shape index (κ2) is 6.36. The van der Waals surface area contributed by atoms with Crippen molar-refractivity contribution in [3.05, 3.63) is 34.7 Å². The molecule has 0 radical (unpaired) electrons. The van der Waals surface area contributed by atoms with Crippen molar-refractivity contribution in [3.63, 3.8) is 0 Å². The standard InChI is InChI=1S/C16H21N3O3/c20-10-4-3-9-18(12-7-8-12)15(21)11-19-14-6-2-1-5-13(14)17-16(19)22/h1-2,5-6,12,20H,3-4,7-11H2,(H,17,22). The Morgan fingerprint density at radius 2 is 2.09 bits per heavy atom. The highest BCUT2D eigenvalue weighted by atomic mass is 16.3. The van der Waals surface area contributed by atoms with Crippen LogP contribution in [0, 0.1) is 0 Å². The molecular formula is C16H21N3O3. The van der Waals surface area contributed by atoms with E-state index < -0.39 is 0 Å². The average Bonchev–Trinajstić information content (AvgIpc) is 3.29. The van der Waals surface area contributed by atoms with E-state index in [9.17, 15) is 9.59 Å². The number of para-hydroxylation sites is 2. The van der Waals surface area contributed by atoms with Gasteiger partial charge in [0.2, 0.25) is 5.91 Å². The Bertz CT molecular complexity index is 715. The van der Waals surface area contributed by atoms with Crippen LogP contribution in [0.2, 0.25) is 0 Å². The van der Waals surface area contributed by atoms with Crippen LogP contribution in [0.3, 0.4) is 0 Å². The van der Waals surface area contributed by atoms with E-state index in [1.165, 1.54) is 4.57 Å². The molecule has 1 saturated carbocycles. The van der Waals surface area contributed by atoms with Gasteiger partial charge in [0.1, 0.15) is 6.54 Å². The topological polar surface area (TPSA) is 78.3 Å². The summed E-state index contributed by atoms with van der Waals surface area (Å²) in [5.74, 6) is -0.0210. The molecule has 1 aromatic heterocycles. The minimum atomic E-state index is -0.249. The maximum Gasteiger partial charge on any atom is 0.326 e. The summed E-state index contributed by atoms with van der Waals surface area (Å²) in [6, 6.07) is 7.70. The van der Waals surface area contributed by atoms with E-state index in [0.29, 0.717) is 19.0 Å². The minimum Gasteiger partial charge on any atom is -0.396 e. The van der Waals surface area contributed by atoms with E-state index in [0.717, 1.165) is 30.3 Å². The number of carbonyl (C=O) groups excluding carboxylic acids is 1. The Hall–Kier alpha value is -2.08. The second-order valence-electron chi connectivity index (χ2n) is 5.78. The lowest BCUT2D eigenvalue weighted by Gasteiger charge is -2.22. The summed E-state index contributed by atoms with van der Waals surface area (Å²) >= 11 is 0. The SMILES string of the molecule is O=C(Cn1c(=O)[nH]c2ccccc21)N(CCCCO)C1CC1. The molecule has 0 unspecified atom stereocenters. The van der Waals surface area contributed by atoms with Gasteiger partial charge in [-0.1, -0.05) is 12.1 Å². The van der Waals surface area contributed by atoms with Crippen molar-refractivity contribution in [2.45, 2.75) is 38.3 Å². The lowest BCUT2D eigenvalue weighted by Crippen LogP contribution is -2.38. The van der Waals surface area contributed by atoms with Gasteiger partial charge in [-0.15, -0.1) is 0 Å². The number of aliphatic hydroxyl groups is 1. The van der Waals surface area contributed by atoms with Crippen LogP contribution in [0.15, 0.2) is 29.1 Å². The lowest BCUT2D eigenvalue weighted by molar-refractivity contribution is -0.132. The highest BCUT2D eigenvalue weighted by Gasteiger charge is 2.32. The number of carbonyl (C=O) groups is 1. The van der Waals surface area contributed by atoms with Crippen LogP contribution in [-0.4, -0.2) is 44.7 Å². The quantitative estimate of drug-likeness (QED) is 0.752. The Balaban J connectivity index is 1.76. The molecular weight excluding hydrogens is 282 g/mol. The van der Waals surface area contributed by atoms with Crippen LogP contribution in [-0.2, 0) is 11.3 Å². The van der Waals surface area contributed by atoms with Crippen molar-refractivity contribution in [1.29, 1.82) is 0 Å². The molecule has 1 fully saturated rings. The van der Waals surface area contributed by atoms with Gasteiger partial charge in [0.05, 0.1) is 11.0 Å². The minimum absolute atomic E-state index is 0.0210. The average molecular weight is 303 g/mol. The summed E-state index contributed by atoms with van der Waals surface area (Å²) in [6.07, 6.45) is 3.56. The molecule has 1 aliphatic rings. The molecule has 1 heterocycles. The predicted octanol–water partition coefficient (Wildman–Crippen LogP) is 1.09. The number of fused-ring (bicyclic) bond motifs is 1. The first kappa shape index (κ1) is 14.8. The number of aromatic amines is 1. The van der Waals surface area contributed by atoms with Gasteiger partial charge in [-0.2, -0.15) is 0 Å². The number of benzene rings is 1. The Morgan fingerprint density at radius 3 is 2.82 bits per heavy atom. The molecule has 6 nitrogen and oxygen atoms in total. The first-order valence-electron chi connectivity index (χ1n) is 7.78. The van der Waals surface area contributed by atoms with Crippen molar-refractivity contribution in [1.82, 2.24) is 14.5 Å². The molecule has 0 saturated heterocycles. The highest BCUT2D eigenvalue weighted by Crippen LogP contribution is 2.27. The summed E-state index contributed by atoms with van der Waals surface area (Å²) < 4.78 is 1.50. The summed E-state index contributed by atoms with van der Waals surface area (Å²) in [5.41, 5.74) is 1.26. The summed E-state index contributed by atoms with van der Waals surface area (Å²) in [7, 11) is 0. The molecule has 118 valence electrons. The fourth-order valence-electron chi connectivity index (χ4n) is 2.78. The van der Waals surface area contributed by atoms with Crippen molar-refractivity contribution in [3.8, 4) is 0 Å². The van der Waals surface area contributed by atoms with Crippen LogP contribution in [0.4, 0.5) is 0 Å². The van der Waals surface area contributed by atoms with Crippen LogP contribution in [0.25, 0.3) is 11.0 Å². The first-order valence-corrected chi connectivity index (χ1v) is 7.78. The summed E-state index contributed by atoms with van der Waals surface area (Å²) in [4.78, 5) is 29.3. The molecule has 2 N–H and O–H groups in total. The fraction of sp³-hybridized carbons (Fsp3) is 0.500. The van der Waals surface area contributed by atoms with Crippen LogP contribution < -0.4 is 5.69 Å².